The molecule has 2 N–H and O–H groups in total. The summed E-state index contributed by atoms with van der Waals surface area (Å²) >= 11 is 5.79. The van der Waals surface area contributed by atoms with Crippen LogP contribution in [0.15, 0.2) is 36.4 Å². The lowest BCUT2D eigenvalue weighted by Gasteiger charge is -2.15. The zero-order valence-corrected chi connectivity index (χ0v) is 11.2. The van der Waals surface area contributed by atoms with Crippen LogP contribution in [0.1, 0.15) is 0 Å². The van der Waals surface area contributed by atoms with E-state index in [-0.39, 0.29) is 16.5 Å². The predicted molar refractivity (Wildman–Crippen MR) is 71.8 cm³/mol. The average Bonchev–Trinajstić information content (AvgIpc) is 2.37. The highest BCUT2D eigenvalue weighted by Gasteiger charge is 2.31. The topological polar surface area (TPSA) is 78.1 Å². The van der Waals surface area contributed by atoms with Gasteiger partial charge in [-0.05, 0) is 12.1 Å². The molecule has 1 heterocycles. The van der Waals surface area contributed by atoms with Crippen molar-refractivity contribution in [3.8, 4) is 0 Å². The monoisotopic (exact) mass is 283 g/mol. The van der Waals surface area contributed by atoms with Gasteiger partial charge in [-0.1, -0.05) is 29.8 Å². The molecule has 0 saturated carbocycles. The third-order valence-electron chi connectivity index (χ3n) is 2.32. The van der Waals surface area contributed by atoms with E-state index in [2.05, 4.69) is 9.97 Å². The zero-order chi connectivity index (χ0) is 13.2. The molecule has 0 aliphatic rings. The van der Waals surface area contributed by atoms with Gasteiger partial charge >= 0.3 is 0 Å². The molecule has 0 bridgehead atoms. The van der Waals surface area contributed by atoms with Crippen molar-refractivity contribution >= 4 is 35.7 Å². The van der Waals surface area contributed by atoms with Crippen LogP contribution in [0.5, 0.6) is 0 Å². The Morgan fingerprint density at radius 1 is 1.28 bits per heavy atom. The highest BCUT2D eigenvalue weighted by molar-refractivity contribution is 7.73. The molecule has 0 spiro atoms. The quantitative estimate of drug-likeness (QED) is 0.683. The fourth-order valence-electron chi connectivity index (χ4n) is 1.48. The molecule has 5 nitrogen and oxygen atoms in total. The van der Waals surface area contributed by atoms with Crippen LogP contribution in [-0.2, 0) is 9.09 Å². The van der Waals surface area contributed by atoms with Crippen molar-refractivity contribution < 1.29 is 9.09 Å². The molecule has 18 heavy (non-hydrogen) atoms. The zero-order valence-electron chi connectivity index (χ0n) is 9.58. The Hall–Kier alpha value is -1.42. The van der Waals surface area contributed by atoms with Gasteiger partial charge in [-0.25, -0.2) is 9.97 Å². The molecule has 0 unspecified atom stereocenters. The van der Waals surface area contributed by atoms with Gasteiger partial charge in [0.1, 0.15) is 11.0 Å². The van der Waals surface area contributed by atoms with Crippen molar-refractivity contribution in [2.75, 3.05) is 12.8 Å². The number of halogens is 1. The van der Waals surface area contributed by atoms with Gasteiger partial charge in [-0.3, -0.25) is 4.57 Å². The Labute approximate surface area is 109 Å². The molecule has 94 valence electrons. The maximum Gasteiger partial charge on any atom is 0.297 e. The number of nitrogens with zero attached hydrogens (tertiary/aromatic N) is 2. The maximum atomic E-state index is 12.8. The molecule has 1 aromatic carbocycles. The lowest BCUT2D eigenvalue weighted by atomic mass is 10.4. The van der Waals surface area contributed by atoms with Crippen molar-refractivity contribution in [3.05, 3.63) is 41.6 Å². The largest absolute Gasteiger partial charge is 0.384 e. The van der Waals surface area contributed by atoms with E-state index in [1.54, 1.807) is 24.3 Å². The third kappa shape index (κ3) is 2.38. The van der Waals surface area contributed by atoms with Gasteiger partial charge < -0.3 is 10.3 Å². The summed E-state index contributed by atoms with van der Waals surface area (Å²) in [5, 5.41) is 0.625. The maximum absolute atomic E-state index is 12.8. The minimum absolute atomic E-state index is 0.00111. The molecule has 1 atom stereocenters. The van der Waals surface area contributed by atoms with E-state index < -0.39 is 7.37 Å². The van der Waals surface area contributed by atoms with Crippen LogP contribution >= 0.6 is 19.0 Å². The van der Waals surface area contributed by atoms with Crippen molar-refractivity contribution in [3.63, 3.8) is 0 Å². The van der Waals surface area contributed by atoms with Crippen LogP contribution in [0.25, 0.3) is 0 Å². The summed E-state index contributed by atoms with van der Waals surface area (Å²) in [7, 11) is -2.00. The minimum Gasteiger partial charge on any atom is -0.384 e. The van der Waals surface area contributed by atoms with Crippen molar-refractivity contribution in [1.82, 2.24) is 9.97 Å². The molecule has 2 aromatic rings. The fraction of sp³-hybridized carbons (Fsp3) is 0.0909. The van der Waals surface area contributed by atoms with E-state index in [1.165, 1.54) is 13.2 Å². The van der Waals surface area contributed by atoms with Crippen LogP contribution in [-0.4, -0.2) is 17.1 Å². The number of rotatable bonds is 3. The number of hydrogen-bond acceptors (Lipinski definition) is 5. The van der Waals surface area contributed by atoms with Crippen molar-refractivity contribution in [2.45, 2.75) is 0 Å². The SMILES string of the molecule is CO[P@](=O)(c1ccccc1)c1nc(N)cc(Cl)n1. The molecular formula is C11H11ClN3O2P. The van der Waals surface area contributed by atoms with Gasteiger partial charge in [0.15, 0.2) is 0 Å². The van der Waals surface area contributed by atoms with Gasteiger partial charge in [-0.2, -0.15) is 0 Å². The van der Waals surface area contributed by atoms with Crippen LogP contribution < -0.4 is 16.6 Å². The normalized spacial score (nSPS) is 14.1. The number of benzene rings is 1. The van der Waals surface area contributed by atoms with Crippen LogP contribution in [0.3, 0.4) is 0 Å². The Morgan fingerprint density at radius 2 is 1.94 bits per heavy atom. The molecule has 7 heteroatoms. The molecule has 0 aliphatic heterocycles. The van der Waals surface area contributed by atoms with Crippen molar-refractivity contribution in [2.24, 2.45) is 0 Å². The van der Waals surface area contributed by atoms with Crippen LogP contribution in [0.2, 0.25) is 5.15 Å². The average molecular weight is 284 g/mol. The number of nitrogen functional groups attached to an aromatic ring is 1. The summed E-state index contributed by atoms with van der Waals surface area (Å²) in [5.41, 5.74) is 5.58. The Bertz CT molecular complexity index is 586. The summed E-state index contributed by atoms with van der Waals surface area (Å²) in [6.07, 6.45) is 0. The smallest absolute Gasteiger partial charge is 0.297 e. The lowest BCUT2D eigenvalue weighted by molar-refractivity contribution is 0.410. The van der Waals surface area contributed by atoms with Gasteiger partial charge in [-0.15, -0.1) is 0 Å². The van der Waals surface area contributed by atoms with Crippen molar-refractivity contribution in [1.29, 1.82) is 0 Å². The van der Waals surface area contributed by atoms with E-state index >= 15 is 0 Å². The second kappa shape index (κ2) is 5.06. The Balaban J connectivity index is 2.61. The summed E-state index contributed by atoms with van der Waals surface area (Å²) in [6, 6.07) is 10.1. The van der Waals surface area contributed by atoms with Gasteiger partial charge in [0.2, 0.25) is 5.57 Å². The van der Waals surface area contributed by atoms with Gasteiger partial charge in [0, 0.05) is 18.5 Å². The number of hydrogen-bond donors (Lipinski definition) is 1. The molecule has 0 radical (unpaired) electrons. The first-order valence-electron chi connectivity index (χ1n) is 5.08. The second-order valence-electron chi connectivity index (χ2n) is 3.49. The Kier molecular flexibility index (Phi) is 3.66. The molecular weight excluding hydrogens is 273 g/mol. The fourth-order valence-corrected chi connectivity index (χ4v) is 3.39. The van der Waals surface area contributed by atoms with E-state index in [1.807, 2.05) is 6.07 Å². The molecule has 2 rings (SSSR count). The molecule has 0 amide bonds. The number of nitrogens with two attached hydrogens (primary N) is 1. The third-order valence-corrected chi connectivity index (χ3v) is 4.73. The van der Waals surface area contributed by atoms with E-state index in [9.17, 15) is 4.57 Å². The molecule has 0 aliphatic carbocycles. The van der Waals surface area contributed by atoms with E-state index in [0.717, 1.165) is 0 Å². The predicted octanol–water partition coefficient (Wildman–Crippen LogP) is 1.59. The summed E-state index contributed by atoms with van der Waals surface area (Å²) < 4.78 is 18.0. The first-order valence-corrected chi connectivity index (χ1v) is 7.08. The standard InChI is InChI=1S/C11H11ClN3O2P/c1-17-18(16,8-5-3-2-4-6-8)11-14-9(12)7-10(13)15-11/h2-7H,1H3,(H2,13,14,15)/t18-/m1/s1. The highest BCUT2D eigenvalue weighted by atomic mass is 35.5. The van der Waals surface area contributed by atoms with Crippen LogP contribution in [0.4, 0.5) is 5.82 Å². The first-order chi connectivity index (χ1) is 8.56. The second-order valence-corrected chi connectivity index (χ2v) is 6.26. The van der Waals surface area contributed by atoms with Gasteiger partial charge in [0.25, 0.3) is 7.37 Å². The Morgan fingerprint density at radius 3 is 2.50 bits per heavy atom. The molecule has 0 saturated heterocycles. The highest BCUT2D eigenvalue weighted by Crippen LogP contribution is 2.42. The van der Waals surface area contributed by atoms with E-state index in [0.29, 0.717) is 5.30 Å². The molecule has 0 fully saturated rings. The summed E-state index contributed by atoms with van der Waals surface area (Å²) in [6.45, 7) is 0. The van der Waals surface area contributed by atoms with Gasteiger partial charge in [0.05, 0.1) is 0 Å². The summed E-state index contributed by atoms with van der Waals surface area (Å²) in [4.78, 5) is 7.89. The number of anilines is 1. The lowest BCUT2D eigenvalue weighted by Crippen LogP contribution is -2.23. The molecule has 1 aromatic heterocycles. The summed E-state index contributed by atoms with van der Waals surface area (Å²) in [5.74, 6) is 0.151. The van der Waals surface area contributed by atoms with E-state index in [4.69, 9.17) is 21.9 Å². The van der Waals surface area contributed by atoms with Crippen LogP contribution in [0, 0.1) is 0 Å². The number of aromatic nitrogens is 2. The minimum atomic E-state index is -3.35. The first kappa shape index (κ1) is 13.0.